The summed E-state index contributed by atoms with van der Waals surface area (Å²) in [5, 5.41) is 5.66. The molecule has 1 saturated heterocycles. The number of benzene rings is 3. The summed E-state index contributed by atoms with van der Waals surface area (Å²) in [4.78, 5) is 65.7. The first-order chi connectivity index (χ1) is 23.1. The fourth-order valence-electron chi connectivity index (χ4n) is 5.82. The Bertz CT molecular complexity index is 1540. The van der Waals surface area contributed by atoms with E-state index < -0.39 is 24.0 Å². The lowest BCUT2D eigenvalue weighted by molar-refractivity contribution is -0.145. The van der Waals surface area contributed by atoms with E-state index in [4.69, 9.17) is 10.5 Å². The van der Waals surface area contributed by atoms with Gasteiger partial charge in [0, 0.05) is 43.8 Å². The fourth-order valence-corrected chi connectivity index (χ4v) is 6.53. The molecule has 0 aliphatic carbocycles. The van der Waals surface area contributed by atoms with Crippen LogP contribution in [0.25, 0.3) is 0 Å². The van der Waals surface area contributed by atoms with E-state index in [0.29, 0.717) is 31.5 Å². The Kier molecular flexibility index (Phi) is 13.8. The van der Waals surface area contributed by atoms with Crippen molar-refractivity contribution in [2.75, 3.05) is 24.7 Å². The third kappa shape index (κ3) is 11.1. The molecule has 1 heterocycles. The first-order valence-electron chi connectivity index (χ1n) is 16.2. The molecule has 11 heteroatoms. The number of likely N-dealkylation sites (tertiary alicyclic amines) is 1. The number of thioether (sulfide) groups is 1. The van der Waals surface area contributed by atoms with Gasteiger partial charge in [0.2, 0.25) is 17.7 Å². The van der Waals surface area contributed by atoms with Crippen LogP contribution in [0.1, 0.15) is 42.9 Å². The van der Waals surface area contributed by atoms with E-state index in [1.807, 2.05) is 60.7 Å². The summed E-state index contributed by atoms with van der Waals surface area (Å²) in [6.07, 6.45) is 2.63. The highest BCUT2D eigenvalue weighted by Crippen LogP contribution is 2.22. The first kappa shape index (κ1) is 36.4. The number of hydrogen-bond acceptors (Lipinski definition) is 8. The number of amides is 3. The molecule has 1 fully saturated rings. The van der Waals surface area contributed by atoms with Gasteiger partial charge in [0.05, 0.1) is 13.0 Å². The number of carbonyl (C=O) groups is 5. The van der Waals surface area contributed by atoms with Crippen LogP contribution in [0.4, 0.5) is 5.69 Å². The predicted molar refractivity (Wildman–Crippen MR) is 187 cm³/mol. The van der Waals surface area contributed by atoms with E-state index in [0.717, 1.165) is 34.9 Å². The van der Waals surface area contributed by atoms with Crippen LogP contribution in [-0.4, -0.2) is 71.2 Å². The molecular formula is C37H44N4O6S. The second-order valence-electron chi connectivity index (χ2n) is 12.1. The Morgan fingerprint density at radius 1 is 0.875 bits per heavy atom. The quantitative estimate of drug-likeness (QED) is 0.206. The van der Waals surface area contributed by atoms with Gasteiger partial charge in [-0.2, -0.15) is 0 Å². The van der Waals surface area contributed by atoms with E-state index in [1.165, 1.54) is 14.0 Å². The lowest BCUT2D eigenvalue weighted by atomic mass is 9.99. The molecule has 4 rings (SSSR count). The van der Waals surface area contributed by atoms with Crippen LogP contribution in [0.5, 0.6) is 0 Å². The van der Waals surface area contributed by atoms with Crippen molar-refractivity contribution < 1.29 is 28.7 Å². The molecule has 0 spiro atoms. The van der Waals surface area contributed by atoms with Gasteiger partial charge in [0.15, 0.2) is 5.12 Å². The van der Waals surface area contributed by atoms with Gasteiger partial charge < -0.3 is 26.0 Å². The lowest BCUT2D eigenvalue weighted by Crippen LogP contribution is -2.46. The lowest BCUT2D eigenvalue weighted by Gasteiger charge is -2.25. The molecule has 10 nitrogen and oxygen atoms in total. The van der Waals surface area contributed by atoms with Crippen molar-refractivity contribution in [1.29, 1.82) is 0 Å². The zero-order valence-corrected chi connectivity index (χ0v) is 28.2. The van der Waals surface area contributed by atoms with Gasteiger partial charge in [-0.3, -0.25) is 19.2 Å². The maximum Gasteiger partial charge on any atom is 0.328 e. The summed E-state index contributed by atoms with van der Waals surface area (Å²) in [5.41, 5.74) is 9.58. The molecule has 48 heavy (non-hydrogen) atoms. The molecule has 1 aliphatic heterocycles. The average molecular weight is 673 g/mol. The van der Waals surface area contributed by atoms with Gasteiger partial charge in [0.25, 0.3) is 0 Å². The summed E-state index contributed by atoms with van der Waals surface area (Å²) >= 11 is 1.07. The summed E-state index contributed by atoms with van der Waals surface area (Å²) < 4.78 is 4.99. The third-order valence-corrected chi connectivity index (χ3v) is 9.28. The number of nitrogens with zero attached hydrogens (tertiary/aromatic N) is 1. The fraction of sp³-hybridized carbons (Fsp3) is 0.378. The van der Waals surface area contributed by atoms with Crippen molar-refractivity contribution in [1.82, 2.24) is 10.2 Å². The summed E-state index contributed by atoms with van der Waals surface area (Å²) in [6.45, 7) is 1.97. The Morgan fingerprint density at radius 3 is 2.08 bits per heavy atom. The predicted octanol–water partition coefficient (Wildman–Crippen LogP) is 3.92. The molecule has 4 unspecified atom stereocenters. The Hall–Kier alpha value is -4.48. The SMILES string of the molecule is COC(=O)C(Cc1ccc(NC(=O)C2CCCN2C(=O)CC(N)Cc2ccccc2)cc1)NC(=O)C(CSC(C)=O)Cc1ccccc1. The molecule has 3 aromatic rings. The van der Waals surface area contributed by atoms with E-state index in [-0.39, 0.29) is 47.5 Å². The minimum absolute atomic E-state index is 0.0900. The second-order valence-corrected chi connectivity index (χ2v) is 13.3. The largest absolute Gasteiger partial charge is 0.467 e. The molecule has 0 radical (unpaired) electrons. The molecule has 1 aliphatic rings. The molecule has 4 N–H and O–H groups in total. The van der Waals surface area contributed by atoms with Crippen molar-refractivity contribution >= 4 is 46.3 Å². The topological polar surface area (TPSA) is 148 Å². The van der Waals surface area contributed by atoms with Crippen LogP contribution in [0.3, 0.4) is 0 Å². The highest BCUT2D eigenvalue weighted by atomic mass is 32.2. The number of hydrogen-bond donors (Lipinski definition) is 3. The molecule has 3 amide bonds. The number of anilines is 1. The van der Waals surface area contributed by atoms with E-state index in [1.54, 1.807) is 29.2 Å². The number of methoxy groups -OCH3 is 1. The van der Waals surface area contributed by atoms with Gasteiger partial charge in [-0.15, -0.1) is 0 Å². The molecule has 0 bridgehead atoms. The summed E-state index contributed by atoms with van der Waals surface area (Å²) in [6, 6.07) is 24.4. The molecule has 4 atom stereocenters. The standard InChI is InChI=1S/C37H44N4O6S/c1-25(42)48-24-29(20-26-10-5-3-6-11-26)35(44)40-32(37(46)47-2)22-28-15-17-31(18-16-28)39-36(45)33-14-9-19-41(33)34(43)23-30(38)21-27-12-7-4-8-13-27/h3-8,10-13,15-18,29-30,32-33H,9,14,19-24,38H2,1-2H3,(H,39,45)(H,40,44). The minimum Gasteiger partial charge on any atom is -0.467 e. The van der Waals surface area contributed by atoms with E-state index in [9.17, 15) is 24.0 Å². The third-order valence-electron chi connectivity index (χ3n) is 8.30. The zero-order chi connectivity index (χ0) is 34.5. The van der Waals surface area contributed by atoms with E-state index in [2.05, 4.69) is 10.6 Å². The smallest absolute Gasteiger partial charge is 0.328 e. The number of ether oxygens (including phenoxy) is 1. The van der Waals surface area contributed by atoms with E-state index >= 15 is 0 Å². The molecule has 254 valence electrons. The van der Waals surface area contributed by atoms with Crippen molar-refractivity contribution in [2.45, 2.75) is 63.6 Å². The van der Waals surface area contributed by atoms with Crippen LogP contribution in [0.15, 0.2) is 84.9 Å². The molecule has 3 aromatic carbocycles. The average Bonchev–Trinajstić information content (AvgIpc) is 3.58. The van der Waals surface area contributed by atoms with Crippen LogP contribution >= 0.6 is 11.8 Å². The van der Waals surface area contributed by atoms with Gasteiger partial charge in [-0.1, -0.05) is 84.6 Å². The van der Waals surface area contributed by atoms with Crippen molar-refractivity contribution in [3.63, 3.8) is 0 Å². The zero-order valence-electron chi connectivity index (χ0n) is 27.4. The van der Waals surface area contributed by atoms with Crippen molar-refractivity contribution in [3.8, 4) is 0 Å². The first-order valence-corrected chi connectivity index (χ1v) is 17.2. The maximum absolute atomic E-state index is 13.4. The van der Waals surface area contributed by atoms with Crippen LogP contribution in [0, 0.1) is 5.92 Å². The number of esters is 1. The Labute approximate surface area is 286 Å². The molecular weight excluding hydrogens is 628 g/mol. The summed E-state index contributed by atoms with van der Waals surface area (Å²) in [7, 11) is 1.27. The molecule has 0 saturated carbocycles. The van der Waals surface area contributed by atoms with Crippen LogP contribution in [0.2, 0.25) is 0 Å². The monoisotopic (exact) mass is 672 g/mol. The van der Waals surface area contributed by atoms with Crippen molar-refractivity contribution in [3.05, 3.63) is 102 Å². The van der Waals surface area contributed by atoms with Crippen LogP contribution in [-0.2, 0) is 48.0 Å². The van der Waals surface area contributed by atoms with Gasteiger partial charge in [-0.25, -0.2) is 4.79 Å². The van der Waals surface area contributed by atoms with Gasteiger partial charge >= 0.3 is 5.97 Å². The van der Waals surface area contributed by atoms with Crippen molar-refractivity contribution in [2.24, 2.45) is 11.7 Å². The highest BCUT2D eigenvalue weighted by Gasteiger charge is 2.34. The summed E-state index contributed by atoms with van der Waals surface area (Å²) in [5.74, 6) is -1.58. The normalized spacial score (nSPS) is 16.0. The van der Waals surface area contributed by atoms with Gasteiger partial charge in [0.1, 0.15) is 12.1 Å². The van der Waals surface area contributed by atoms with Gasteiger partial charge in [-0.05, 0) is 54.5 Å². The number of nitrogens with one attached hydrogen (secondary N) is 2. The maximum atomic E-state index is 13.4. The highest BCUT2D eigenvalue weighted by molar-refractivity contribution is 8.13. The molecule has 0 aromatic heterocycles. The second kappa shape index (κ2) is 18.2. The Morgan fingerprint density at radius 2 is 1.48 bits per heavy atom. The number of nitrogens with two attached hydrogens (primary N) is 1. The number of rotatable bonds is 15. The number of carbonyl (C=O) groups excluding carboxylic acids is 5. The minimum atomic E-state index is -0.949. The van der Waals surface area contributed by atoms with Crippen LogP contribution < -0.4 is 16.4 Å². The Balaban J connectivity index is 1.34.